The number of hydrogen-bond donors (Lipinski definition) is 0. The van der Waals surface area contributed by atoms with E-state index >= 15 is 0 Å². The van der Waals surface area contributed by atoms with Gasteiger partial charge in [-0.15, -0.1) is 0 Å². The maximum absolute atomic E-state index is 13.6. The van der Waals surface area contributed by atoms with Crippen molar-refractivity contribution in [3.05, 3.63) is 53.1 Å². The molecule has 1 aliphatic rings. The van der Waals surface area contributed by atoms with E-state index in [0.29, 0.717) is 18.7 Å². The first-order valence-electron chi connectivity index (χ1n) is 11.1. The molecular formula is C25H30N2O3S. The molecule has 164 valence electrons. The lowest BCUT2D eigenvalue weighted by Crippen LogP contribution is -2.37. The third-order valence-electron chi connectivity index (χ3n) is 5.81. The van der Waals surface area contributed by atoms with Gasteiger partial charge in [0.1, 0.15) is 5.75 Å². The number of ether oxygens (including phenoxy) is 2. The third kappa shape index (κ3) is 4.91. The Kier molecular flexibility index (Phi) is 6.88. The molecule has 4 rings (SSSR count). The first-order valence-corrected chi connectivity index (χ1v) is 11.9. The average molecular weight is 439 g/mol. The van der Waals surface area contributed by atoms with Gasteiger partial charge in [0, 0.05) is 12.2 Å². The number of carbonyl (C=O) groups excluding carboxylic acids is 1. The van der Waals surface area contributed by atoms with E-state index in [1.807, 2.05) is 24.3 Å². The van der Waals surface area contributed by atoms with Gasteiger partial charge in [-0.3, -0.25) is 9.69 Å². The highest BCUT2D eigenvalue weighted by Gasteiger charge is 2.27. The average Bonchev–Trinajstić information content (AvgIpc) is 3.45. The number of benzene rings is 2. The zero-order valence-electron chi connectivity index (χ0n) is 18.5. The number of nitrogens with zero attached hydrogens (tertiary/aromatic N) is 2. The van der Waals surface area contributed by atoms with Crippen molar-refractivity contribution < 1.29 is 14.3 Å². The van der Waals surface area contributed by atoms with Crippen LogP contribution in [0.4, 0.5) is 5.13 Å². The lowest BCUT2D eigenvalue weighted by atomic mass is 10.1. The molecule has 31 heavy (non-hydrogen) atoms. The number of thiazole rings is 1. The van der Waals surface area contributed by atoms with E-state index < -0.39 is 0 Å². The van der Waals surface area contributed by atoms with Crippen molar-refractivity contribution >= 4 is 32.6 Å². The molecule has 0 radical (unpaired) electrons. The minimum Gasteiger partial charge on any atom is -0.494 e. The van der Waals surface area contributed by atoms with Gasteiger partial charge in [0.15, 0.2) is 5.13 Å². The van der Waals surface area contributed by atoms with Gasteiger partial charge in [0.2, 0.25) is 0 Å². The summed E-state index contributed by atoms with van der Waals surface area (Å²) in [5, 5.41) is 0.724. The topological polar surface area (TPSA) is 51.7 Å². The van der Waals surface area contributed by atoms with Gasteiger partial charge in [0.05, 0.1) is 29.5 Å². The molecule has 1 atom stereocenters. The number of fused-ring (bicyclic) bond motifs is 1. The first-order chi connectivity index (χ1) is 15.1. The fraction of sp³-hybridized carbons (Fsp3) is 0.440. The predicted octanol–water partition coefficient (Wildman–Crippen LogP) is 5.92. The number of aromatic nitrogens is 1. The Bertz CT molecular complexity index is 1060. The Morgan fingerprint density at radius 2 is 2.16 bits per heavy atom. The van der Waals surface area contributed by atoms with Crippen LogP contribution in [0.5, 0.6) is 5.75 Å². The number of anilines is 1. The molecule has 0 aliphatic carbocycles. The zero-order chi connectivity index (χ0) is 21.8. The molecule has 0 saturated carbocycles. The van der Waals surface area contributed by atoms with Crippen LogP contribution in [0.25, 0.3) is 10.2 Å². The van der Waals surface area contributed by atoms with Gasteiger partial charge in [-0.25, -0.2) is 4.98 Å². The monoisotopic (exact) mass is 438 g/mol. The fourth-order valence-corrected chi connectivity index (χ4v) is 4.81. The van der Waals surface area contributed by atoms with E-state index in [-0.39, 0.29) is 12.0 Å². The van der Waals surface area contributed by atoms with Gasteiger partial charge >= 0.3 is 0 Å². The highest BCUT2D eigenvalue weighted by molar-refractivity contribution is 7.22. The van der Waals surface area contributed by atoms with Crippen molar-refractivity contribution in [2.24, 2.45) is 0 Å². The molecule has 5 nitrogen and oxygen atoms in total. The summed E-state index contributed by atoms with van der Waals surface area (Å²) in [6.45, 7) is 8.23. The van der Waals surface area contributed by atoms with Crippen LogP contribution in [0, 0.1) is 13.8 Å². The molecule has 1 unspecified atom stereocenters. The SMILES string of the molecule is CCCCOc1cccc(C(=O)N(CC2CCCO2)c2nc3c(C)c(C)ccc3s2)c1. The van der Waals surface area contributed by atoms with Crippen LogP contribution in [0.2, 0.25) is 0 Å². The maximum Gasteiger partial charge on any atom is 0.260 e. The van der Waals surface area contributed by atoms with Gasteiger partial charge in [0.25, 0.3) is 5.91 Å². The van der Waals surface area contributed by atoms with Crippen LogP contribution in [0.1, 0.15) is 54.1 Å². The normalized spacial score (nSPS) is 16.0. The molecule has 1 fully saturated rings. The minimum atomic E-state index is -0.0649. The quantitative estimate of drug-likeness (QED) is 0.410. The summed E-state index contributed by atoms with van der Waals surface area (Å²) < 4.78 is 12.8. The number of rotatable bonds is 8. The standard InChI is InChI=1S/C25H30N2O3S/c1-4-5-13-29-20-9-6-8-19(15-20)24(28)27(16-21-10-7-14-30-21)25-26-23-18(3)17(2)11-12-22(23)31-25/h6,8-9,11-12,15,21H,4-5,7,10,13-14,16H2,1-3H3. The van der Waals surface area contributed by atoms with Crippen LogP contribution in [-0.4, -0.2) is 36.8 Å². The van der Waals surface area contributed by atoms with Crippen molar-refractivity contribution in [2.45, 2.75) is 52.6 Å². The maximum atomic E-state index is 13.6. The number of hydrogen-bond acceptors (Lipinski definition) is 5. The molecule has 1 aliphatic heterocycles. The van der Waals surface area contributed by atoms with Gasteiger partial charge < -0.3 is 9.47 Å². The third-order valence-corrected chi connectivity index (χ3v) is 6.85. The Morgan fingerprint density at radius 1 is 1.29 bits per heavy atom. The smallest absolute Gasteiger partial charge is 0.260 e. The van der Waals surface area contributed by atoms with Crippen LogP contribution in [0.15, 0.2) is 36.4 Å². The molecule has 0 spiro atoms. The highest BCUT2D eigenvalue weighted by atomic mass is 32.1. The summed E-state index contributed by atoms with van der Waals surface area (Å²) in [5.41, 5.74) is 3.95. The van der Waals surface area contributed by atoms with Crippen molar-refractivity contribution in [1.29, 1.82) is 0 Å². The van der Waals surface area contributed by atoms with E-state index in [9.17, 15) is 4.79 Å². The molecule has 3 aromatic rings. The molecule has 0 N–H and O–H groups in total. The molecule has 1 saturated heterocycles. The molecular weight excluding hydrogens is 408 g/mol. The van der Waals surface area contributed by atoms with Gasteiger partial charge in [-0.1, -0.05) is 36.8 Å². The van der Waals surface area contributed by atoms with Crippen molar-refractivity contribution in [3.8, 4) is 5.75 Å². The number of carbonyl (C=O) groups is 1. The number of aryl methyl sites for hydroxylation is 2. The van der Waals surface area contributed by atoms with Gasteiger partial charge in [-0.05, 0) is 68.5 Å². The van der Waals surface area contributed by atoms with E-state index in [4.69, 9.17) is 14.5 Å². The van der Waals surface area contributed by atoms with E-state index in [1.165, 1.54) is 5.56 Å². The Hall–Kier alpha value is -2.44. The molecule has 1 amide bonds. The Labute approximate surface area is 188 Å². The van der Waals surface area contributed by atoms with E-state index in [1.54, 1.807) is 16.2 Å². The second kappa shape index (κ2) is 9.79. The van der Waals surface area contributed by atoms with Crippen molar-refractivity contribution in [3.63, 3.8) is 0 Å². The highest BCUT2D eigenvalue weighted by Crippen LogP contribution is 2.33. The Morgan fingerprint density at radius 3 is 2.94 bits per heavy atom. The summed E-state index contributed by atoms with van der Waals surface area (Å²) in [4.78, 5) is 20.3. The second-order valence-electron chi connectivity index (χ2n) is 8.13. The van der Waals surface area contributed by atoms with Crippen molar-refractivity contribution in [2.75, 3.05) is 24.7 Å². The van der Waals surface area contributed by atoms with Crippen LogP contribution in [-0.2, 0) is 4.74 Å². The predicted molar refractivity (Wildman–Crippen MR) is 127 cm³/mol. The van der Waals surface area contributed by atoms with E-state index in [2.05, 4.69) is 32.9 Å². The van der Waals surface area contributed by atoms with Crippen LogP contribution < -0.4 is 9.64 Å². The lowest BCUT2D eigenvalue weighted by Gasteiger charge is -2.23. The molecule has 1 aromatic heterocycles. The molecule has 2 aromatic carbocycles. The summed E-state index contributed by atoms with van der Waals surface area (Å²) in [7, 11) is 0. The summed E-state index contributed by atoms with van der Waals surface area (Å²) in [5.74, 6) is 0.664. The molecule has 2 heterocycles. The lowest BCUT2D eigenvalue weighted by molar-refractivity contribution is 0.0917. The summed E-state index contributed by atoms with van der Waals surface area (Å²) in [6, 6.07) is 11.7. The van der Waals surface area contributed by atoms with Crippen LogP contribution in [0.3, 0.4) is 0 Å². The molecule has 6 heteroatoms. The molecule has 0 bridgehead atoms. The Balaban J connectivity index is 1.66. The summed E-state index contributed by atoms with van der Waals surface area (Å²) >= 11 is 1.56. The van der Waals surface area contributed by atoms with E-state index in [0.717, 1.165) is 59.0 Å². The number of unbranched alkanes of at least 4 members (excludes halogenated alkanes) is 1. The largest absolute Gasteiger partial charge is 0.494 e. The number of amides is 1. The fourth-order valence-electron chi connectivity index (χ4n) is 3.78. The van der Waals surface area contributed by atoms with Gasteiger partial charge in [-0.2, -0.15) is 0 Å². The van der Waals surface area contributed by atoms with Crippen molar-refractivity contribution in [1.82, 2.24) is 4.98 Å². The van der Waals surface area contributed by atoms with Crippen LogP contribution >= 0.6 is 11.3 Å². The minimum absolute atomic E-state index is 0.0442. The summed E-state index contributed by atoms with van der Waals surface area (Å²) in [6.07, 6.45) is 4.11. The zero-order valence-corrected chi connectivity index (χ0v) is 19.3. The first kappa shape index (κ1) is 21.8. The second-order valence-corrected chi connectivity index (χ2v) is 9.14.